The normalized spacial score (nSPS) is 19.9. The second kappa shape index (κ2) is 14.5. The molecular weight excluding hydrogens is 757 g/mol. The zero-order chi connectivity index (χ0) is 71.6. The Morgan fingerprint density at radius 2 is 0.885 bits per heavy atom. The quantitative estimate of drug-likeness (QED) is 0.156. The van der Waals surface area contributed by atoms with Crippen LogP contribution in [0.1, 0.15) is 49.3 Å². The van der Waals surface area contributed by atoms with Gasteiger partial charge in [-0.15, -0.1) is 11.3 Å². The lowest BCUT2D eigenvalue weighted by atomic mass is 9.88. The first-order valence-corrected chi connectivity index (χ1v) is 18.6. The monoisotopic (exact) mass is 828 g/mol. The predicted octanol–water partition coefficient (Wildman–Crippen LogP) is 16.3. The lowest BCUT2D eigenvalue weighted by Crippen LogP contribution is -1.91. The molecule has 0 unspecified atom stereocenters. The van der Waals surface area contributed by atoms with Crippen LogP contribution < -0.4 is 0 Å². The van der Waals surface area contributed by atoms with Crippen molar-refractivity contribution in [2.24, 2.45) is 0 Å². The molecule has 0 bridgehead atoms. The molecule has 0 saturated heterocycles. The van der Waals surface area contributed by atoms with Gasteiger partial charge < -0.3 is 0 Å². The van der Waals surface area contributed by atoms with Crippen molar-refractivity contribution in [1.29, 1.82) is 0 Å². The average Bonchev–Trinajstić information content (AvgIpc) is 1.69. The van der Waals surface area contributed by atoms with Crippen LogP contribution in [0.25, 0.3) is 120 Å². The van der Waals surface area contributed by atoms with E-state index in [4.69, 9.17) is 24.7 Å². The highest BCUT2D eigenvalue weighted by molar-refractivity contribution is 7.20. The summed E-state index contributed by atoms with van der Waals surface area (Å²) in [5.74, 6) is 0. The van der Waals surface area contributed by atoms with Gasteiger partial charge in [0.25, 0.3) is 0 Å². The Labute approximate surface area is 408 Å². The molecule has 0 aliphatic heterocycles. The first-order valence-electron chi connectivity index (χ1n) is 35.8. The number of benzene rings is 9. The number of fused-ring (bicyclic) bond motifs is 7. The second-order valence-corrected chi connectivity index (χ2v) is 13.9. The van der Waals surface area contributed by atoms with Crippen LogP contribution in [0.15, 0.2) is 218 Å². The van der Waals surface area contributed by atoms with E-state index in [-0.39, 0.29) is 11.3 Å². The van der Waals surface area contributed by atoms with Gasteiger partial charge in [-0.1, -0.05) is 187 Å². The predicted molar refractivity (Wildman–Crippen MR) is 260 cm³/mol. The van der Waals surface area contributed by atoms with Gasteiger partial charge in [-0.25, -0.2) is 4.98 Å². The minimum atomic E-state index is -1.24. The number of pyridine rings is 2. The molecule has 3 aromatic heterocycles. The Morgan fingerprint density at radius 1 is 0.344 bits per heavy atom. The van der Waals surface area contributed by atoms with E-state index < -0.39 is 337 Å². The molecule has 9 aromatic carbocycles. The number of thiophene rings is 1. The molecule has 61 heavy (non-hydrogen) atoms. The molecule has 0 N–H and O–H groups in total. The minimum Gasteiger partial charge on any atom is -0.254 e. The van der Waals surface area contributed by atoms with Crippen LogP contribution in [0.3, 0.4) is 0 Å². The molecule has 0 aliphatic rings. The maximum Gasteiger partial charge on any atom is 0.0972 e. The Hall–Kier alpha value is -7.72. The van der Waals surface area contributed by atoms with Gasteiger partial charge in [0, 0.05) is 49.0 Å². The van der Waals surface area contributed by atoms with Gasteiger partial charge >= 0.3 is 0 Å². The molecule has 0 fully saturated rings. The zero-order valence-corrected chi connectivity index (χ0v) is 31.1. The summed E-state index contributed by atoms with van der Waals surface area (Å²) in [4.78, 5) is 6.94. The first kappa shape index (κ1) is 14.5. The van der Waals surface area contributed by atoms with Crippen LogP contribution in [0.4, 0.5) is 0 Å². The molecule has 0 amide bonds. The van der Waals surface area contributed by atoms with Gasteiger partial charge in [-0.3, -0.25) is 4.98 Å². The summed E-state index contributed by atoms with van der Waals surface area (Å²) in [5.41, 5.74) is -10.3. The van der Waals surface area contributed by atoms with Crippen LogP contribution in [0.2, 0.25) is 0 Å². The smallest absolute Gasteiger partial charge is 0.0972 e. The van der Waals surface area contributed by atoms with E-state index in [0.717, 1.165) is 0 Å². The summed E-state index contributed by atoms with van der Waals surface area (Å²) in [5, 5.41) is -5.58. The van der Waals surface area contributed by atoms with E-state index >= 15 is 0 Å². The molecule has 12 rings (SSSR count). The number of hydrogen-bond donors (Lipinski definition) is 0. The van der Waals surface area contributed by atoms with Crippen molar-refractivity contribution < 1.29 is 49.3 Å². The molecule has 3 heteroatoms. The van der Waals surface area contributed by atoms with E-state index in [1.165, 1.54) is 0 Å². The van der Waals surface area contributed by atoms with E-state index in [9.17, 15) is 24.7 Å². The van der Waals surface area contributed by atoms with Gasteiger partial charge in [0.15, 0.2) is 0 Å². The maximum absolute atomic E-state index is 10.4. The van der Waals surface area contributed by atoms with Gasteiger partial charge in [0.2, 0.25) is 0 Å². The molecular formula is C58H36N2S. The van der Waals surface area contributed by atoms with Crippen LogP contribution >= 0.6 is 11.3 Å². The Balaban J connectivity index is 1.34. The highest BCUT2D eigenvalue weighted by Crippen LogP contribution is 2.54. The highest BCUT2D eigenvalue weighted by Gasteiger charge is 2.25. The van der Waals surface area contributed by atoms with E-state index in [2.05, 4.69) is 9.97 Å². The van der Waals surface area contributed by atoms with Crippen LogP contribution in [0, 0.1) is 0 Å². The summed E-state index contributed by atoms with van der Waals surface area (Å²) in [6.07, 6.45) is -0.828. The van der Waals surface area contributed by atoms with Crippen molar-refractivity contribution in [3.05, 3.63) is 218 Å². The highest BCUT2D eigenvalue weighted by atomic mass is 32.1. The standard InChI is InChI=1S/C58H36N2S/c1-3-15-37(16-4-1)53-54(38-17-5-2-6-18-38)58(51-36-42-19-7-8-23-44(42)46-24-10-12-27-49(46)51)61-57(53)43-21-13-20-41(35-43)45-31-32-50(48-26-11-9-25-47(45)48)52-33-30-40-29-28-39-22-14-34-59-55(39)56(40)60-52/h1-36H/i1D,2D,3D,4D,5D,6D,7D,8D,9D,10D,11D,12D,13D,14D,15D,16D,17D,18D,19D,20D,21D,22D,23D,24D,25D,26D,27D,28D,29D,30D,31D,32D,33D,34D,35D,36D. The molecule has 2 nitrogen and oxygen atoms in total. The second-order valence-electron chi connectivity index (χ2n) is 12.9. The lowest BCUT2D eigenvalue weighted by molar-refractivity contribution is 1.37. The van der Waals surface area contributed by atoms with Crippen molar-refractivity contribution in [3.63, 3.8) is 0 Å². The third kappa shape index (κ3) is 5.93. The summed E-state index contributed by atoms with van der Waals surface area (Å²) >= 11 is 0.167. The van der Waals surface area contributed by atoms with Crippen molar-refractivity contribution >= 4 is 65.5 Å². The molecule has 0 spiro atoms. The fourth-order valence-electron chi connectivity index (χ4n) is 6.97. The van der Waals surface area contributed by atoms with Crippen LogP contribution in [0.5, 0.6) is 0 Å². The molecule has 0 aliphatic carbocycles. The zero-order valence-electron chi connectivity index (χ0n) is 66.3. The van der Waals surface area contributed by atoms with Crippen LogP contribution in [-0.4, -0.2) is 9.97 Å². The Kier molecular flexibility index (Phi) is 3.45. The third-order valence-corrected chi connectivity index (χ3v) is 10.8. The van der Waals surface area contributed by atoms with Gasteiger partial charge in [0.1, 0.15) is 0 Å². The molecule has 0 atom stereocenters. The van der Waals surface area contributed by atoms with E-state index in [1.54, 1.807) is 0 Å². The summed E-state index contributed by atoms with van der Waals surface area (Å²) in [7, 11) is 0. The Bertz CT molecular complexity index is 5730. The molecule has 0 saturated carbocycles. The van der Waals surface area contributed by atoms with Crippen molar-refractivity contribution in [1.82, 2.24) is 9.97 Å². The number of nitrogens with zero attached hydrogens (tertiary/aromatic N) is 2. The molecule has 3 heterocycles. The van der Waals surface area contributed by atoms with Crippen molar-refractivity contribution in [3.8, 4) is 65.5 Å². The third-order valence-electron chi connectivity index (χ3n) is 9.55. The molecule has 12 aromatic rings. The number of aromatic nitrogens is 2. The summed E-state index contributed by atoms with van der Waals surface area (Å²) in [6, 6.07) is -36.4. The van der Waals surface area contributed by atoms with Gasteiger partial charge in [-0.2, -0.15) is 0 Å². The van der Waals surface area contributed by atoms with Crippen molar-refractivity contribution in [2.75, 3.05) is 0 Å². The van der Waals surface area contributed by atoms with Crippen molar-refractivity contribution in [2.45, 2.75) is 0 Å². The largest absolute Gasteiger partial charge is 0.254 e. The van der Waals surface area contributed by atoms with E-state index in [1.807, 2.05) is 0 Å². The van der Waals surface area contributed by atoms with Crippen LogP contribution in [-0.2, 0) is 0 Å². The molecule has 284 valence electrons. The molecule has 0 radical (unpaired) electrons. The van der Waals surface area contributed by atoms with Gasteiger partial charge in [0.05, 0.1) is 66.1 Å². The van der Waals surface area contributed by atoms with E-state index in [0.29, 0.717) is 0 Å². The average molecular weight is 829 g/mol. The van der Waals surface area contributed by atoms with Gasteiger partial charge in [-0.05, 0) is 84.3 Å². The number of hydrogen-bond acceptors (Lipinski definition) is 3. The topological polar surface area (TPSA) is 25.8 Å². The fourth-order valence-corrected chi connectivity index (χ4v) is 8.24. The summed E-state index contributed by atoms with van der Waals surface area (Å²) < 4.78 is 331. The lowest BCUT2D eigenvalue weighted by Gasteiger charge is -2.14. The Morgan fingerprint density at radius 3 is 1.64 bits per heavy atom. The first-order chi connectivity index (χ1) is 45.2. The minimum absolute atomic E-state index is 0.167. The number of rotatable bonds is 6. The maximum atomic E-state index is 10.4. The fraction of sp³-hybridized carbons (Fsp3) is 0. The summed E-state index contributed by atoms with van der Waals surface area (Å²) in [6.45, 7) is 0. The SMILES string of the molecule is [2H]c1nc2c(c([2H])c1[2H])c([2H])c([2H])c1c([2H])c([2H])c(-c3c([2H])c([2H])c(-c4c([2H])c([2H])c([2H])c(-c5sc(-c6c([2H])c7c([2H])c([2H])c([2H])c([2H])c7c7c([2H])c([2H])c([2H])c([2H])c67)c(-c6c([2H])c([2H])c([2H])c([2H])c6[2H])c5-c5c([2H])c([2H])c([2H])c([2H])c5[2H])c4[2H])c4c([2H])c([2H])c([2H])c([2H])c34)nc12.